The lowest BCUT2D eigenvalue weighted by Gasteiger charge is -2.19. The van der Waals surface area contributed by atoms with Crippen molar-refractivity contribution in [3.63, 3.8) is 0 Å². The van der Waals surface area contributed by atoms with Crippen molar-refractivity contribution in [2.45, 2.75) is 0 Å². The second-order valence-corrected chi connectivity index (χ2v) is 3.74. The molecule has 0 aliphatic heterocycles. The van der Waals surface area contributed by atoms with Crippen LogP contribution in [0, 0.1) is 5.82 Å². The summed E-state index contributed by atoms with van der Waals surface area (Å²) in [6.07, 6.45) is 3.31. The van der Waals surface area contributed by atoms with Gasteiger partial charge in [0.25, 0.3) is 0 Å². The molecular formula is C14H17FN2O. The molecule has 0 aliphatic rings. The molecule has 0 heterocycles. The number of hydrogen-bond acceptors (Lipinski definition) is 2. The highest BCUT2D eigenvalue weighted by Crippen LogP contribution is 2.08. The molecule has 0 aliphatic carbocycles. The van der Waals surface area contributed by atoms with Crippen molar-refractivity contribution in [3.05, 3.63) is 55.4 Å². The molecule has 0 radical (unpaired) electrons. The van der Waals surface area contributed by atoms with Gasteiger partial charge >= 0.3 is 0 Å². The van der Waals surface area contributed by atoms with E-state index >= 15 is 0 Å². The van der Waals surface area contributed by atoms with Gasteiger partial charge in [0.1, 0.15) is 5.82 Å². The molecule has 0 fully saturated rings. The largest absolute Gasteiger partial charge is 0.376 e. The number of nitrogens with zero attached hydrogens (tertiary/aromatic N) is 1. The van der Waals surface area contributed by atoms with Crippen LogP contribution in [0.5, 0.6) is 0 Å². The molecule has 1 aromatic rings. The predicted molar refractivity (Wildman–Crippen MR) is 71.9 cm³/mol. The molecule has 1 aromatic carbocycles. The fourth-order valence-corrected chi connectivity index (χ4v) is 1.48. The van der Waals surface area contributed by atoms with Gasteiger partial charge in [0.2, 0.25) is 5.91 Å². The Labute approximate surface area is 107 Å². The van der Waals surface area contributed by atoms with Crippen molar-refractivity contribution in [2.75, 3.05) is 25.0 Å². The fourth-order valence-electron chi connectivity index (χ4n) is 1.48. The molecule has 0 atom stereocenters. The van der Waals surface area contributed by atoms with Gasteiger partial charge in [-0.1, -0.05) is 18.2 Å². The van der Waals surface area contributed by atoms with Crippen molar-refractivity contribution >= 4 is 11.6 Å². The second kappa shape index (κ2) is 7.27. The van der Waals surface area contributed by atoms with Crippen LogP contribution in [0.3, 0.4) is 0 Å². The maximum absolute atomic E-state index is 12.9. The standard InChI is InChI=1S/C14H17FN2O/c1-3-8-17(9-4-2)14(18)11-16-13-7-5-6-12(15)10-13/h3-7,10,16H,1-2,8-9,11H2. The van der Waals surface area contributed by atoms with Gasteiger partial charge in [-0.25, -0.2) is 4.39 Å². The minimum absolute atomic E-state index is 0.0842. The smallest absolute Gasteiger partial charge is 0.242 e. The van der Waals surface area contributed by atoms with E-state index in [-0.39, 0.29) is 18.3 Å². The average Bonchev–Trinajstić information content (AvgIpc) is 2.36. The van der Waals surface area contributed by atoms with Gasteiger partial charge < -0.3 is 10.2 Å². The van der Waals surface area contributed by atoms with E-state index in [4.69, 9.17) is 0 Å². The van der Waals surface area contributed by atoms with Gasteiger partial charge in [-0.2, -0.15) is 0 Å². The normalized spacial score (nSPS) is 9.61. The molecule has 0 bridgehead atoms. The highest BCUT2D eigenvalue weighted by molar-refractivity contribution is 5.81. The van der Waals surface area contributed by atoms with Crippen molar-refractivity contribution in [1.29, 1.82) is 0 Å². The third-order valence-electron chi connectivity index (χ3n) is 2.32. The Kier molecular flexibility index (Phi) is 5.64. The van der Waals surface area contributed by atoms with Gasteiger partial charge in [0.15, 0.2) is 0 Å². The summed E-state index contributed by atoms with van der Waals surface area (Å²) >= 11 is 0. The lowest BCUT2D eigenvalue weighted by atomic mass is 10.3. The van der Waals surface area contributed by atoms with E-state index in [1.54, 1.807) is 29.2 Å². The van der Waals surface area contributed by atoms with E-state index in [9.17, 15) is 9.18 Å². The van der Waals surface area contributed by atoms with E-state index in [0.717, 1.165) is 0 Å². The molecule has 0 saturated carbocycles. The molecule has 3 nitrogen and oxygen atoms in total. The zero-order valence-corrected chi connectivity index (χ0v) is 10.2. The number of hydrogen-bond donors (Lipinski definition) is 1. The van der Waals surface area contributed by atoms with Gasteiger partial charge in [0.05, 0.1) is 6.54 Å². The highest BCUT2D eigenvalue weighted by atomic mass is 19.1. The molecular weight excluding hydrogens is 231 g/mol. The topological polar surface area (TPSA) is 32.3 Å². The summed E-state index contributed by atoms with van der Waals surface area (Å²) in [6.45, 7) is 8.25. The zero-order valence-electron chi connectivity index (χ0n) is 10.2. The van der Waals surface area contributed by atoms with Crippen molar-refractivity contribution in [3.8, 4) is 0 Å². The molecule has 0 aromatic heterocycles. The van der Waals surface area contributed by atoms with E-state index in [0.29, 0.717) is 18.8 Å². The Balaban J connectivity index is 2.53. The van der Waals surface area contributed by atoms with E-state index in [2.05, 4.69) is 18.5 Å². The minimum Gasteiger partial charge on any atom is -0.376 e. The fraction of sp³-hybridized carbons (Fsp3) is 0.214. The summed E-state index contributed by atoms with van der Waals surface area (Å²) in [4.78, 5) is 13.5. The van der Waals surface area contributed by atoms with E-state index < -0.39 is 0 Å². The maximum Gasteiger partial charge on any atom is 0.242 e. The number of amides is 1. The molecule has 0 saturated heterocycles. The van der Waals surface area contributed by atoms with Gasteiger partial charge in [-0.3, -0.25) is 4.79 Å². The van der Waals surface area contributed by atoms with Crippen molar-refractivity contribution in [1.82, 2.24) is 4.90 Å². The Hall–Kier alpha value is -2.10. The molecule has 1 amide bonds. The van der Waals surface area contributed by atoms with Crippen molar-refractivity contribution in [2.24, 2.45) is 0 Å². The molecule has 96 valence electrons. The van der Waals surface area contributed by atoms with Gasteiger partial charge in [-0.15, -0.1) is 13.2 Å². The highest BCUT2D eigenvalue weighted by Gasteiger charge is 2.09. The summed E-state index contributed by atoms with van der Waals surface area (Å²) in [7, 11) is 0. The zero-order chi connectivity index (χ0) is 13.4. The Morgan fingerprint density at radius 1 is 1.33 bits per heavy atom. The lowest BCUT2D eigenvalue weighted by Crippen LogP contribution is -2.35. The quantitative estimate of drug-likeness (QED) is 0.752. The first kappa shape index (κ1) is 14.0. The first-order chi connectivity index (χ1) is 8.67. The van der Waals surface area contributed by atoms with Crippen molar-refractivity contribution < 1.29 is 9.18 Å². The van der Waals surface area contributed by atoms with Crippen LogP contribution in [-0.4, -0.2) is 30.4 Å². The monoisotopic (exact) mass is 248 g/mol. The van der Waals surface area contributed by atoms with Crippen LogP contribution < -0.4 is 5.32 Å². The van der Waals surface area contributed by atoms with Crippen LogP contribution in [-0.2, 0) is 4.79 Å². The number of carbonyl (C=O) groups excluding carboxylic acids is 1. The predicted octanol–water partition coefficient (Wildman–Crippen LogP) is 2.44. The molecule has 1 N–H and O–H groups in total. The van der Waals surface area contributed by atoms with Gasteiger partial charge in [0, 0.05) is 18.8 Å². The Morgan fingerprint density at radius 2 is 2.00 bits per heavy atom. The number of nitrogens with one attached hydrogen (secondary N) is 1. The van der Waals surface area contributed by atoms with E-state index in [1.165, 1.54) is 12.1 Å². The molecule has 0 spiro atoms. The van der Waals surface area contributed by atoms with Gasteiger partial charge in [-0.05, 0) is 18.2 Å². The van der Waals surface area contributed by atoms with Crippen LogP contribution in [0.1, 0.15) is 0 Å². The summed E-state index contributed by atoms with van der Waals surface area (Å²) in [5, 5.41) is 2.88. The maximum atomic E-state index is 12.9. The summed E-state index contributed by atoms with van der Waals surface area (Å²) in [5.41, 5.74) is 0.584. The Bertz CT molecular complexity index is 422. The molecule has 0 unspecified atom stereocenters. The molecule has 18 heavy (non-hydrogen) atoms. The second-order valence-electron chi connectivity index (χ2n) is 3.74. The third-order valence-corrected chi connectivity index (χ3v) is 2.32. The molecule has 4 heteroatoms. The van der Waals surface area contributed by atoms with Crippen LogP contribution >= 0.6 is 0 Å². The summed E-state index contributed by atoms with van der Waals surface area (Å²) in [6, 6.07) is 6.00. The Morgan fingerprint density at radius 3 is 2.56 bits per heavy atom. The number of anilines is 1. The SMILES string of the molecule is C=CCN(CC=C)C(=O)CNc1cccc(F)c1. The first-order valence-electron chi connectivity index (χ1n) is 5.66. The summed E-state index contributed by atoms with van der Waals surface area (Å²) in [5.74, 6) is -0.416. The third kappa shape index (κ3) is 4.41. The van der Waals surface area contributed by atoms with Crippen LogP contribution in [0.15, 0.2) is 49.6 Å². The van der Waals surface area contributed by atoms with Crippen LogP contribution in [0.2, 0.25) is 0 Å². The molecule has 1 rings (SSSR count). The number of carbonyl (C=O) groups is 1. The lowest BCUT2D eigenvalue weighted by molar-refractivity contribution is -0.128. The summed E-state index contributed by atoms with van der Waals surface area (Å²) < 4.78 is 12.9. The minimum atomic E-state index is -0.332. The first-order valence-corrected chi connectivity index (χ1v) is 5.66. The number of benzene rings is 1. The number of halogens is 1. The number of rotatable bonds is 7. The van der Waals surface area contributed by atoms with Crippen LogP contribution in [0.4, 0.5) is 10.1 Å². The average molecular weight is 248 g/mol. The van der Waals surface area contributed by atoms with Crippen LogP contribution in [0.25, 0.3) is 0 Å². The van der Waals surface area contributed by atoms with E-state index in [1.807, 2.05) is 0 Å².